The van der Waals surface area contributed by atoms with E-state index in [1.54, 1.807) is 13.0 Å². The van der Waals surface area contributed by atoms with Gasteiger partial charge in [0.05, 0.1) is 12.2 Å². The van der Waals surface area contributed by atoms with E-state index in [9.17, 15) is 38.0 Å². The van der Waals surface area contributed by atoms with Crippen molar-refractivity contribution in [3.8, 4) is 0 Å². The number of aliphatic hydroxyl groups is 1. The number of carboxylic acids is 1. The van der Waals surface area contributed by atoms with Gasteiger partial charge < -0.3 is 25.2 Å². The topological polar surface area (TPSA) is 116 Å². The molecule has 0 saturated carbocycles. The van der Waals surface area contributed by atoms with Gasteiger partial charge in [0.1, 0.15) is 0 Å². The zero-order chi connectivity index (χ0) is 24.0. The minimum absolute atomic E-state index is 0.0136. The summed E-state index contributed by atoms with van der Waals surface area (Å²) < 4.78 is 45.9. The Labute approximate surface area is 182 Å². The summed E-state index contributed by atoms with van der Waals surface area (Å²) in [5.74, 6) is -7.38. The average Bonchev–Trinajstić information content (AvgIpc) is 3.06. The maximum Gasteiger partial charge on any atom is 0.492 e. The summed E-state index contributed by atoms with van der Waals surface area (Å²) in [7, 11) is -1.25. The summed E-state index contributed by atoms with van der Waals surface area (Å²) in [4.78, 5) is 25.4. The van der Waals surface area contributed by atoms with E-state index < -0.39 is 54.0 Å². The number of aliphatic carboxylic acids is 1. The van der Waals surface area contributed by atoms with Gasteiger partial charge in [-0.15, -0.1) is 0 Å². The molecule has 7 nitrogen and oxygen atoms in total. The Morgan fingerprint density at radius 1 is 1.19 bits per heavy atom. The lowest BCUT2D eigenvalue weighted by atomic mass is 9.74. The minimum Gasteiger partial charge on any atom is -0.479 e. The normalized spacial score (nSPS) is 15.3. The van der Waals surface area contributed by atoms with Crippen LogP contribution in [0.25, 0.3) is 0 Å². The number of amides is 1. The van der Waals surface area contributed by atoms with Gasteiger partial charge >= 0.3 is 13.1 Å². The lowest BCUT2D eigenvalue weighted by molar-refractivity contribution is -0.155. The summed E-state index contributed by atoms with van der Waals surface area (Å²) in [5.41, 5.74) is -3.45. The predicted octanol–water partition coefficient (Wildman–Crippen LogP) is 1.20. The lowest BCUT2D eigenvalue weighted by Crippen LogP contribution is -2.68. The van der Waals surface area contributed by atoms with Gasteiger partial charge in [-0.3, -0.25) is 4.79 Å². The molecule has 1 aliphatic rings. The summed E-state index contributed by atoms with van der Waals surface area (Å²) in [6.07, 6.45) is -0.749. The van der Waals surface area contributed by atoms with E-state index in [0.29, 0.717) is 28.7 Å². The van der Waals surface area contributed by atoms with Crippen LogP contribution < -0.4 is 10.8 Å². The van der Waals surface area contributed by atoms with E-state index in [1.807, 2.05) is 0 Å². The number of fused-ring (bicyclic) bond motifs is 1. The molecule has 32 heavy (non-hydrogen) atoms. The van der Waals surface area contributed by atoms with Crippen LogP contribution in [0.2, 0.25) is 0 Å². The highest BCUT2D eigenvalue weighted by Crippen LogP contribution is 2.29. The minimum atomic E-state index is -2.44. The maximum atomic E-state index is 13.7. The van der Waals surface area contributed by atoms with E-state index in [4.69, 9.17) is 4.65 Å². The second-order valence-electron chi connectivity index (χ2n) is 8.25. The Hall–Kier alpha value is -2.89. The van der Waals surface area contributed by atoms with E-state index >= 15 is 0 Å². The molecule has 1 heterocycles. The van der Waals surface area contributed by atoms with Crippen molar-refractivity contribution in [1.82, 2.24) is 5.32 Å². The molecule has 2 aromatic rings. The number of benzene rings is 2. The third-order valence-electron chi connectivity index (χ3n) is 5.74. The molecule has 0 fully saturated rings. The quantitative estimate of drug-likeness (QED) is 0.388. The molecule has 4 N–H and O–H groups in total. The molecule has 3 rings (SSSR count). The van der Waals surface area contributed by atoms with Crippen LogP contribution >= 0.6 is 0 Å². The Kier molecular flexibility index (Phi) is 6.11. The van der Waals surface area contributed by atoms with Crippen molar-refractivity contribution < 1.29 is 42.7 Å². The summed E-state index contributed by atoms with van der Waals surface area (Å²) in [6.45, 7) is 3.92. The van der Waals surface area contributed by atoms with Crippen molar-refractivity contribution >= 4 is 24.5 Å². The second-order valence-corrected chi connectivity index (χ2v) is 8.25. The number of nitrogens with one attached hydrogen (secondary N) is 1. The van der Waals surface area contributed by atoms with Gasteiger partial charge in [0.2, 0.25) is 0 Å². The van der Waals surface area contributed by atoms with Crippen LogP contribution in [0.5, 0.6) is 0 Å². The molecular formula is C21H21BF3NO6. The van der Waals surface area contributed by atoms with Gasteiger partial charge in [0.15, 0.2) is 23.0 Å². The Bertz CT molecular complexity index is 1080. The van der Waals surface area contributed by atoms with Crippen LogP contribution in [0.3, 0.4) is 0 Å². The molecule has 1 aliphatic heterocycles. The number of carboxylic acid groups (broad SMARTS) is 1. The molecule has 0 unspecified atom stereocenters. The first-order valence-corrected chi connectivity index (χ1v) is 9.62. The predicted molar refractivity (Wildman–Crippen MR) is 108 cm³/mol. The zero-order valence-electron chi connectivity index (χ0n) is 17.5. The first kappa shape index (κ1) is 23.8. The van der Waals surface area contributed by atoms with Crippen LogP contribution in [0, 0.1) is 24.4 Å². The van der Waals surface area contributed by atoms with Crippen molar-refractivity contribution in [2.45, 2.75) is 44.9 Å². The smallest absolute Gasteiger partial charge is 0.479 e. The van der Waals surface area contributed by atoms with Crippen molar-refractivity contribution in [3.63, 3.8) is 0 Å². The van der Waals surface area contributed by atoms with E-state index in [1.165, 1.54) is 6.07 Å². The number of carbonyl (C=O) groups excluding carboxylic acids is 1. The molecule has 0 aromatic heterocycles. The third kappa shape index (κ3) is 3.99. The SMILES string of the molecule is Cc1c(C(=O)N[C@](Cc2cc(F)c(F)c(F)c2)(C(=O)O)C(C)(C)O)ccc2c1B(O)OC2. The molecule has 11 heteroatoms. The Morgan fingerprint density at radius 2 is 1.78 bits per heavy atom. The highest BCUT2D eigenvalue weighted by atomic mass is 19.2. The largest absolute Gasteiger partial charge is 0.492 e. The first-order valence-electron chi connectivity index (χ1n) is 9.62. The fourth-order valence-corrected chi connectivity index (χ4v) is 3.83. The number of rotatable bonds is 6. The van der Waals surface area contributed by atoms with Crippen molar-refractivity contribution in [2.75, 3.05) is 0 Å². The van der Waals surface area contributed by atoms with E-state index in [0.717, 1.165) is 13.8 Å². The molecule has 0 spiro atoms. The zero-order valence-corrected chi connectivity index (χ0v) is 17.5. The Balaban J connectivity index is 2.05. The van der Waals surface area contributed by atoms with Crippen LogP contribution in [0.1, 0.15) is 40.9 Å². The highest BCUT2D eigenvalue weighted by molar-refractivity contribution is 6.62. The van der Waals surface area contributed by atoms with Gasteiger partial charge in [0.25, 0.3) is 5.91 Å². The van der Waals surface area contributed by atoms with Crippen LogP contribution in [0.4, 0.5) is 13.2 Å². The number of hydrogen-bond acceptors (Lipinski definition) is 5. The number of halogens is 3. The molecule has 1 amide bonds. The van der Waals surface area contributed by atoms with Crippen LogP contribution in [-0.2, 0) is 22.5 Å². The Morgan fingerprint density at radius 3 is 2.31 bits per heavy atom. The van der Waals surface area contributed by atoms with Crippen molar-refractivity contribution in [3.05, 3.63) is 64.0 Å². The van der Waals surface area contributed by atoms with Crippen molar-refractivity contribution in [2.24, 2.45) is 0 Å². The van der Waals surface area contributed by atoms with Gasteiger partial charge in [-0.2, -0.15) is 0 Å². The maximum absolute atomic E-state index is 13.7. The van der Waals surface area contributed by atoms with E-state index in [2.05, 4.69) is 5.32 Å². The van der Waals surface area contributed by atoms with Crippen molar-refractivity contribution in [1.29, 1.82) is 0 Å². The fraction of sp³-hybridized carbons (Fsp3) is 0.333. The fourth-order valence-electron chi connectivity index (χ4n) is 3.83. The molecule has 0 saturated heterocycles. The van der Waals surface area contributed by atoms with Gasteiger partial charge in [0, 0.05) is 12.0 Å². The standard InChI is InChI=1S/C21H21BF3NO6/c1-10-13(5-4-12-9-32-22(31)16(10)12)18(27)26-21(19(28)29,20(2,3)30)8-11-6-14(23)17(25)15(24)7-11/h4-7,30-31H,8-9H2,1-3H3,(H,26,27)(H,28,29)/t21-/m1/s1. The average molecular weight is 451 g/mol. The number of hydrogen-bond donors (Lipinski definition) is 4. The molecular weight excluding hydrogens is 430 g/mol. The van der Waals surface area contributed by atoms with Gasteiger partial charge in [-0.1, -0.05) is 6.07 Å². The van der Waals surface area contributed by atoms with E-state index in [-0.39, 0.29) is 17.7 Å². The molecule has 0 bridgehead atoms. The highest BCUT2D eigenvalue weighted by Gasteiger charge is 2.52. The molecule has 0 aliphatic carbocycles. The van der Waals surface area contributed by atoms with Gasteiger partial charge in [-0.05, 0) is 61.1 Å². The third-order valence-corrected chi connectivity index (χ3v) is 5.74. The summed E-state index contributed by atoms with van der Waals surface area (Å²) >= 11 is 0. The molecule has 1 atom stereocenters. The van der Waals surface area contributed by atoms with Crippen LogP contribution in [-0.4, -0.2) is 45.4 Å². The molecule has 0 radical (unpaired) electrons. The summed E-state index contributed by atoms with van der Waals surface area (Å²) in [5, 5.41) is 33.0. The molecule has 170 valence electrons. The lowest BCUT2D eigenvalue weighted by Gasteiger charge is -2.40. The first-order chi connectivity index (χ1) is 14.8. The van der Waals surface area contributed by atoms with Crippen LogP contribution in [0.15, 0.2) is 24.3 Å². The molecule has 2 aromatic carbocycles. The summed E-state index contributed by atoms with van der Waals surface area (Å²) in [6, 6.07) is 4.16. The van der Waals surface area contributed by atoms with Gasteiger partial charge in [-0.25, -0.2) is 18.0 Å². The monoisotopic (exact) mass is 451 g/mol. The second kappa shape index (κ2) is 8.23. The number of carbonyl (C=O) groups is 2.